The normalized spacial score (nSPS) is 12.5. The van der Waals surface area contributed by atoms with Crippen LogP contribution < -0.4 is 4.74 Å². The Morgan fingerprint density at radius 2 is 2.18 bits per heavy atom. The summed E-state index contributed by atoms with van der Waals surface area (Å²) >= 11 is 4.69. The van der Waals surface area contributed by atoms with E-state index in [2.05, 4.69) is 15.9 Å². The van der Waals surface area contributed by atoms with Crippen molar-refractivity contribution in [1.29, 1.82) is 0 Å². The number of hydrogen-bond donors (Lipinski definition) is 1. The zero-order valence-corrected chi connectivity index (χ0v) is 11.4. The molecule has 1 aromatic carbocycles. The van der Waals surface area contributed by atoms with E-state index >= 15 is 0 Å². The van der Waals surface area contributed by atoms with E-state index in [1.165, 1.54) is 24.5 Å². The smallest absolute Gasteiger partial charge is 0.171 e. The summed E-state index contributed by atoms with van der Waals surface area (Å²) < 4.78 is 19.6. The first-order valence-corrected chi connectivity index (χ1v) is 6.55. The van der Waals surface area contributed by atoms with Crippen molar-refractivity contribution >= 4 is 27.3 Å². The fraction of sp³-hybridized carbons (Fsp3) is 0.167. The minimum Gasteiger partial charge on any atom is -0.494 e. The lowest BCUT2D eigenvalue weighted by Crippen LogP contribution is -2.02. The van der Waals surface area contributed by atoms with Crippen molar-refractivity contribution in [1.82, 2.24) is 0 Å². The summed E-state index contributed by atoms with van der Waals surface area (Å²) in [6.07, 6.45) is -0.987. The summed E-state index contributed by atoms with van der Waals surface area (Å²) in [7, 11) is 1.40. The average molecular weight is 317 g/mol. The zero-order chi connectivity index (χ0) is 12.4. The van der Waals surface area contributed by atoms with Gasteiger partial charge in [0.05, 0.1) is 12.0 Å². The van der Waals surface area contributed by atoms with Crippen LogP contribution in [-0.2, 0) is 0 Å². The summed E-state index contributed by atoms with van der Waals surface area (Å²) in [5.41, 5.74) is 0.215. The van der Waals surface area contributed by atoms with E-state index in [1.54, 1.807) is 12.1 Å². The molecular weight excluding hydrogens is 307 g/mol. The third-order valence-electron chi connectivity index (χ3n) is 2.40. The molecule has 17 heavy (non-hydrogen) atoms. The number of aliphatic hydroxyl groups is 1. The van der Waals surface area contributed by atoms with Gasteiger partial charge in [0, 0.05) is 10.0 Å². The van der Waals surface area contributed by atoms with Crippen LogP contribution in [0.4, 0.5) is 4.39 Å². The maximum absolute atomic E-state index is 14.0. The summed E-state index contributed by atoms with van der Waals surface area (Å²) in [6, 6.07) is 6.55. The monoisotopic (exact) mass is 316 g/mol. The third kappa shape index (κ3) is 2.36. The SMILES string of the molecule is COc1cccc(C(O)c2sccc2Br)c1F. The highest BCUT2D eigenvalue weighted by Crippen LogP contribution is 2.35. The van der Waals surface area contributed by atoms with Crippen molar-refractivity contribution in [2.24, 2.45) is 0 Å². The highest BCUT2D eigenvalue weighted by atomic mass is 79.9. The lowest BCUT2D eigenvalue weighted by atomic mass is 10.1. The van der Waals surface area contributed by atoms with Gasteiger partial charge in [0.1, 0.15) is 6.10 Å². The summed E-state index contributed by atoms with van der Waals surface area (Å²) in [5.74, 6) is -0.392. The molecule has 90 valence electrons. The van der Waals surface area contributed by atoms with E-state index in [0.29, 0.717) is 4.88 Å². The highest BCUT2D eigenvalue weighted by Gasteiger charge is 2.20. The van der Waals surface area contributed by atoms with Gasteiger partial charge in [-0.15, -0.1) is 11.3 Å². The molecule has 2 aromatic rings. The Hall–Kier alpha value is -0.910. The molecule has 0 bridgehead atoms. The van der Waals surface area contributed by atoms with Crippen LogP contribution in [0.3, 0.4) is 0 Å². The number of rotatable bonds is 3. The molecule has 5 heteroatoms. The van der Waals surface area contributed by atoms with Crippen molar-refractivity contribution in [2.75, 3.05) is 7.11 Å². The molecule has 2 nitrogen and oxygen atoms in total. The van der Waals surface area contributed by atoms with Gasteiger partial charge in [0.25, 0.3) is 0 Å². The van der Waals surface area contributed by atoms with Crippen LogP contribution in [0.15, 0.2) is 34.1 Å². The Morgan fingerprint density at radius 3 is 2.76 bits per heavy atom. The number of aliphatic hydroxyl groups excluding tert-OH is 1. The van der Waals surface area contributed by atoms with Gasteiger partial charge in [0.15, 0.2) is 11.6 Å². The van der Waals surface area contributed by atoms with Crippen molar-refractivity contribution in [3.8, 4) is 5.75 Å². The molecule has 0 saturated heterocycles. The number of thiophene rings is 1. The molecule has 0 saturated carbocycles. The van der Waals surface area contributed by atoms with Gasteiger partial charge in [-0.05, 0) is 33.4 Å². The fourth-order valence-corrected chi connectivity index (χ4v) is 3.13. The lowest BCUT2D eigenvalue weighted by Gasteiger charge is -2.12. The number of methoxy groups -OCH3 is 1. The van der Waals surface area contributed by atoms with Crippen molar-refractivity contribution < 1.29 is 14.2 Å². The topological polar surface area (TPSA) is 29.5 Å². The molecule has 1 heterocycles. The minimum absolute atomic E-state index is 0.134. The van der Waals surface area contributed by atoms with Gasteiger partial charge >= 0.3 is 0 Å². The molecule has 0 spiro atoms. The van der Waals surface area contributed by atoms with E-state index < -0.39 is 11.9 Å². The largest absolute Gasteiger partial charge is 0.494 e. The van der Waals surface area contributed by atoms with Gasteiger partial charge < -0.3 is 9.84 Å². The van der Waals surface area contributed by atoms with Crippen molar-refractivity contribution in [2.45, 2.75) is 6.10 Å². The van der Waals surface area contributed by atoms with E-state index in [4.69, 9.17) is 4.74 Å². The Labute approximate surface area is 111 Å². The van der Waals surface area contributed by atoms with Gasteiger partial charge in [-0.25, -0.2) is 4.39 Å². The predicted molar refractivity (Wildman–Crippen MR) is 69.0 cm³/mol. The van der Waals surface area contributed by atoms with E-state index in [9.17, 15) is 9.50 Å². The molecule has 1 unspecified atom stereocenters. The first kappa shape index (κ1) is 12.5. The van der Waals surface area contributed by atoms with Crippen LogP contribution in [0.5, 0.6) is 5.75 Å². The molecule has 1 atom stereocenters. The zero-order valence-electron chi connectivity index (χ0n) is 8.98. The van der Waals surface area contributed by atoms with Crippen molar-refractivity contribution in [3.05, 3.63) is 50.4 Å². The number of ether oxygens (including phenoxy) is 1. The molecule has 1 aromatic heterocycles. The van der Waals surface area contributed by atoms with Crippen LogP contribution in [0.25, 0.3) is 0 Å². The molecule has 0 aliphatic heterocycles. The lowest BCUT2D eigenvalue weighted by molar-refractivity contribution is 0.216. The molecule has 1 N–H and O–H groups in total. The van der Waals surface area contributed by atoms with Crippen LogP contribution in [0.1, 0.15) is 16.5 Å². The molecule has 0 fully saturated rings. The first-order valence-electron chi connectivity index (χ1n) is 4.88. The molecular formula is C12H10BrFO2S. The second-order valence-electron chi connectivity index (χ2n) is 3.40. The predicted octanol–water partition coefficient (Wildman–Crippen LogP) is 3.74. The average Bonchev–Trinajstić information content (AvgIpc) is 2.75. The van der Waals surface area contributed by atoms with Gasteiger partial charge in [-0.1, -0.05) is 12.1 Å². The molecule has 0 aliphatic rings. The number of halogens is 2. The maximum atomic E-state index is 14.0. The summed E-state index contributed by atoms with van der Waals surface area (Å²) in [6.45, 7) is 0. The van der Waals surface area contributed by atoms with E-state index in [-0.39, 0.29) is 11.3 Å². The van der Waals surface area contributed by atoms with Gasteiger partial charge in [-0.3, -0.25) is 0 Å². The number of hydrogen-bond acceptors (Lipinski definition) is 3. The highest BCUT2D eigenvalue weighted by molar-refractivity contribution is 9.10. The molecule has 0 amide bonds. The Kier molecular flexibility index (Phi) is 3.81. The standard InChI is InChI=1S/C12H10BrFO2S/c1-16-9-4-2-3-7(10(9)14)11(15)12-8(13)5-6-17-12/h2-6,11,15H,1H3. The van der Waals surface area contributed by atoms with Crippen molar-refractivity contribution in [3.63, 3.8) is 0 Å². The third-order valence-corrected chi connectivity index (χ3v) is 4.32. The van der Waals surface area contributed by atoms with Gasteiger partial charge in [0.2, 0.25) is 0 Å². The van der Waals surface area contributed by atoms with Crippen LogP contribution in [-0.4, -0.2) is 12.2 Å². The summed E-state index contributed by atoms with van der Waals surface area (Å²) in [4.78, 5) is 0.678. The maximum Gasteiger partial charge on any atom is 0.171 e. The minimum atomic E-state index is -0.987. The Bertz CT molecular complexity index is 527. The quantitative estimate of drug-likeness (QED) is 0.934. The number of benzene rings is 1. The Balaban J connectivity index is 2.44. The van der Waals surface area contributed by atoms with E-state index in [1.807, 2.05) is 11.4 Å². The molecule has 0 radical (unpaired) electrons. The first-order chi connectivity index (χ1) is 8.15. The Morgan fingerprint density at radius 1 is 1.41 bits per heavy atom. The van der Waals surface area contributed by atoms with Crippen LogP contribution >= 0.6 is 27.3 Å². The fourth-order valence-electron chi connectivity index (χ4n) is 1.54. The molecule has 2 rings (SSSR count). The molecule has 0 aliphatic carbocycles. The second-order valence-corrected chi connectivity index (χ2v) is 5.20. The second kappa shape index (κ2) is 5.16. The van der Waals surface area contributed by atoms with Gasteiger partial charge in [-0.2, -0.15) is 0 Å². The van der Waals surface area contributed by atoms with Crippen LogP contribution in [0.2, 0.25) is 0 Å². The summed E-state index contributed by atoms with van der Waals surface area (Å²) in [5, 5.41) is 12.0. The van der Waals surface area contributed by atoms with E-state index in [0.717, 1.165) is 4.47 Å². The van der Waals surface area contributed by atoms with Crippen LogP contribution in [0, 0.1) is 5.82 Å².